The smallest absolute Gasteiger partial charge is 0.198 e. The number of hydrogen-bond acceptors (Lipinski definition) is 0. The van der Waals surface area contributed by atoms with Crippen LogP contribution in [0.3, 0.4) is 0 Å². The van der Waals surface area contributed by atoms with Crippen LogP contribution < -0.4 is 16.4 Å². The van der Waals surface area contributed by atoms with Gasteiger partial charge in [0, 0.05) is 50.9 Å². The van der Waals surface area contributed by atoms with E-state index in [1.54, 1.807) is 14.3 Å². The summed E-state index contributed by atoms with van der Waals surface area (Å²) in [4.78, 5) is 0. The molecular formula is C38H35B5N2+2. The van der Waals surface area contributed by atoms with Crippen molar-refractivity contribution in [2.24, 2.45) is 0 Å². The number of para-hydroxylation sites is 2. The second kappa shape index (κ2) is 13.6. The average Bonchev–Trinajstić information content (AvgIpc) is 3.56. The quantitative estimate of drug-likeness (QED) is 0.201. The van der Waals surface area contributed by atoms with E-state index in [0.717, 1.165) is 59.6 Å². The van der Waals surface area contributed by atoms with E-state index in [0.29, 0.717) is 0 Å². The predicted molar refractivity (Wildman–Crippen MR) is 197 cm³/mol. The van der Waals surface area contributed by atoms with Gasteiger partial charge in [0.25, 0.3) is 0 Å². The number of allylic oxidation sites excluding steroid dienone is 2. The molecule has 210 valence electrons. The number of fused-ring (bicyclic) bond motifs is 2. The lowest BCUT2D eigenvalue weighted by Gasteiger charge is -2.16. The lowest BCUT2D eigenvalue weighted by Crippen LogP contribution is -2.37. The first kappa shape index (κ1) is 31.0. The maximum atomic E-state index is 6.65. The zero-order valence-electron chi connectivity index (χ0n) is 26.6. The molecule has 0 unspecified atom stereocenters. The van der Waals surface area contributed by atoms with Crippen LogP contribution in [0.5, 0.6) is 0 Å². The SMILES string of the molecule is [B][B]c1c(CCCc2ccc(/C=C/C3=[N+](C)c4ccccc4C3)c([B][B])c2C)ccc(/C=C/C2=[N+](C)c3ccccc3C2)c1[B]. The van der Waals surface area contributed by atoms with Crippen LogP contribution >= 0.6 is 0 Å². The molecule has 0 atom stereocenters. The van der Waals surface area contributed by atoms with Gasteiger partial charge in [-0.15, -0.1) is 5.46 Å². The molecule has 45 heavy (non-hydrogen) atoms. The molecule has 0 fully saturated rings. The molecule has 2 aliphatic heterocycles. The van der Waals surface area contributed by atoms with Crippen molar-refractivity contribution in [1.29, 1.82) is 0 Å². The summed E-state index contributed by atoms with van der Waals surface area (Å²) in [6.07, 6.45) is 13.4. The van der Waals surface area contributed by atoms with Crippen molar-refractivity contribution >= 4 is 89.0 Å². The third-order valence-corrected chi connectivity index (χ3v) is 9.52. The van der Waals surface area contributed by atoms with Gasteiger partial charge in [0.15, 0.2) is 11.4 Å². The Hall–Kier alpha value is -3.98. The Labute approximate surface area is 274 Å². The van der Waals surface area contributed by atoms with Gasteiger partial charge >= 0.3 is 0 Å². The lowest BCUT2D eigenvalue weighted by molar-refractivity contribution is -0.400. The van der Waals surface area contributed by atoms with Gasteiger partial charge in [-0.3, -0.25) is 0 Å². The number of nitrogens with zero attached hydrogens (tertiary/aromatic N) is 2. The van der Waals surface area contributed by atoms with E-state index in [-0.39, 0.29) is 0 Å². The highest BCUT2D eigenvalue weighted by molar-refractivity contribution is 6.99. The van der Waals surface area contributed by atoms with Gasteiger partial charge < -0.3 is 0 Å². The third kappa shape index (κ3) is 6.28. The Morgan fingerprint density at radius 3 is 1.73 bits per heavy atom. The second-order valence-electron chi connectivity index (χ2n) is 12.1. The highest BCUT2D eigenvalue weighted by Crippen LogP contribution is 2.26. The summed E-state index contributed by atoms with van der Waals surface area (Å²) in [5, 5.41) is 0. The van der Waals surface area contributed by atoms with Gasteiger partial charge in [-0.2, -0.15) is 9.15 Å². The summed E-state index contributed by atoms with van der Waals surface area (Å²) in [7, 11) is 26.6. The van der Waals surface area contributed by atoms with Crippen LogP contribution in [0.2, 0.25) is 0 Å². The van der Waals surface area contributed by atoms with Crippen molar-refractivity contribution < 1.29 is 9.15 Å². The molecule has 2 aliphatic rings. The third-order valence-electron chi connectivity index (χ3n) is 9.52. The minimum absolute atomic E-state index is 0.728. The van der Waals surface area contributed by atoms with Crippen LogP contribution in [0.25, 0.3) is 12.2 Å². The van der Waals surface area contributed by atoms with Crippen LogP contribution in [-0.4, -0.2) is 72.3 Å². The molecule has 0 aliphatic carbocycles. The fourth-order valence-electron chi connectivity index (χ4n) is 6.79. The molecule has 0 spiro atoms. The number of hydrogen-bond donors (Lipinski definition) is 0. The highest BCUT2D eigenvalue weighted by atomic mass is 15.0. The Bertz CT molecular complexity index is 1900. The van der Waals surface area contributed by atoms with Crippen LogP contribution in [0.1, 0.15) is 45.4 Å². The van der Waals surface area contributed by atoms with E-state index in [1.165, 1.54) is 50.6 Å². The first-order valence-electron chi connectivity index (χ1n) is 15.7. The van der Waals surface area contributed by atoms with Gasteiger partial charge in [0.1, 0.15) is 21.9 Å². The normalized spacial score (nSPS) is 14.1. The van der Waals surface area contributed by atoms with Crippen molar-refractivity contribution in [2.45, 2.75) is 39.0 Å². The summed E-state index contributed by atoms with van der Waals surface area (Å²) < 4.78 is 4.52. The van der Waals surface area contributed by atoms with E-state index in [1.807, 2.05) is 0 Å². The van der Waals surface area contributed by atoms with E-state index < -0.39 is 0 Å². The highest BCUT2D eigenvalue weighted by Gasteiger charge is 2.25. The van der Waals surface area contributed by atoms with Gasteiger partial charge in [-0.05, 0) is 55.0 Å². The minimum Gasteiger partial charge on any atom is -0.198 e. The molecule has 4 aromatic carbocycles. The van der Waals surface area contributed by atoms with Crippen molar-refractivity contribution in [1.82, 2.24) is 0 Å². The molecule has 4 aromatic rings. The zero-order chi connectivity index (χ0) is 31.5. The van der Waals surface area contributed by atoms with Crippen LogP contribution in [-0.2, 0) is 25.7 Å². The summed E-state index contributed by atoms with van der Waals surface area (Å²) in [6.45, 7) is 2.17. The maximum absolute atomic E-state index is 6.65. The Morgan fingerprint density at radius 2 is 1.16 bits per heavy atom. The summed E-state index contributed by atoms with van der Waals surface area (Å²) in [5.74, 6) is 0. The molecule has 8 radical (unpaired) electrons. The fraction of sp³-hybridized carbons (Fsp3) is 0.211. The van der Waals surface area contributed by atoms with E-state index in [9.17, 15) is 0 Å². The van der Waals surface area contributed by atoms with Gasteiger partial charge in [-0.25, -0.2) is 0 Å². The molecule has 0 amide bonds. The molecule has 0 saturated carbocycles. The fourth-order valence-corrected chi connectivity index (χ4v) is 6.79. The number of rotatable bonds is 10. The molecule has 0 aromatic heterocycles. The summed E-state index contributed by atoms with van der Waals surface area (Å²) in [6, 6.07) is 25.8. The van der Waals surface area contributed by atoms with E-state index >= 15 is 0 Å². The van der Waals surface area contributed by atoms with Gasteiger partial charge in [0.05, 0.1) is 27.2 Å². The number of aryl methyl sites for hydroxylation is 2. The van der Waals surface area contributed by atoms with Crippen molar-refractivity contribution in [3.05, 3.63) is 124 Å². The molecule has 0 N–H and O–H groups in total. The lowest BCUT2D eigenvalue weighted by atomic mass is 9.47. The summed E-state index contributed by atoms with van der Waals surface area (Å²) in [5.41, 5.74) is 16.4. The Morgan fingerprint density at radius 1 is 0.644 bits per heavy atom. The van der Waals surface area contributed by atoms with Crippen LogP contribution in [0, 0.1) is 6.92 Å². The predicted octanol–water partition coefficient (Wildman–Crippen LogP) is 3.76. The van der Waals surface area contributed by atoms with Crippen molar-refractivity contribution in [3.8, 4) is 0 Å². The maximum Gasteiger partial charge on any atom is 0.208 e. The standard InChI is InChI=1S/C38H35B5N2/c1-25-26(15-17-29(37(25)42-40)20-22-33-24-31-10-5-7-14-35(31)45(33)3)11-8-12-28-18-16-27(36(39)38(28)43-41)19-21-32-23-30-9-4-6-13-34(30)44(32)2/h4-7,9-10,13-22H,8,11-12,23-24H2,1-3H3/q+2/b21-19+,22-20+. The Balaban J connectivity index is 1.12. The molecule has 0 bridgehead atoms. The minimum atomic E-state index is 0.728. The Kier molecular flexibility index (Phi) is 9.35. The van der Waals surface area contributed by atoms with Crippen LogP contribution in [0.4, 0.5) is 11.4 Å². The summed E-state index contributed by atoms with van der Waals surface area (Å²) >= 11 is 0. The monoisotopic (exact) mass is 574 g/mol. The molecule has 2 heterocycles. The molecule has 6 rings (SSSR count). The largest absolute Gasteiger partial charge is 0.208 e. The van der Waals surface area contributed by atoms with Crippen molar-refractivity contribution in [2.75, 3.05) is 14.1 Å². The van der Waals surface area contributed by atoms with Crippen LogP contribution in [0.15, 0.2) is 84.9 Å². The van der Waals surface area contributed by atoms with Gasteiger partial charge in [0.2, 0.25) is 11.4 Å². The molecule has 2 nitrogen and oxygen atoms in total. The first-order valence-corrected chi connectivity index (χ1v) is 15.7. The number of benzene rings is 4. The van der Waals surface area contributed by atoms with E-state index in [4.69, 9.17) is 23.3 Å². The van der Waals surface area contributed by atoms with E-state index in [2.05, 4.69) is 127 Å². The molecule has 7 heteroatoms. The van der Waals surface area contributed by atoms with Gasteiger partial charge in [-0.1, -0.05) is 82.7 Å². The zero-order valence-corrected chi connectivity index (χ0v) is 26.6. The first-order chi connectivity index (χ1) is 21.9. The molecule has 0 saturated heterocycles. The molecular weight excluding hydrogens is 538 g/mol. The van der Waals surface area contributed by atoms with Crippen molar-refractivity contribution in [3.63, 3.8) is 0 Å². The topological polar surface area (TPSA) is 6.02 Å². The average molecular weight is 574 g/mol. The second-order valence-corrected chi connectivity index (χ2v) is 12.1.